The fourth-order valence-corrected chi connectivity index (χ4v) is 5.30. The summed E-state index contributed by atoms with van der Waals surface area (Å²) in [7, 11) is -2.14. The van der Waals surface area contributed by atoms with Crippen molar-refractivity contribution >= 4 is 21.8 Å². The van der Waals surface area contributed by atoms with Crippen molar-refractivity contribution in [3.8, 4) is 5.75 Å². The molecule has 2 N–H and O–H groups in total. The van der Waals surface area contributed by atoms with Gasteiger partial charge in [0.2, 0.25) is 21.8 Å². The molecule has 2 aromatic carbocycles. The molecule has 8 nitrogen and oxygen atoms in total. The molecule has 1 aliphatic rings. The number of ether oxygens (including phenoxy) is 1. The molecular formula is C24H30FN3O5S. The number of hydrogen-bond acceptors (Lipinski definition) is 5. The van der Waals surface area contributed by atoms with Crippen LogP contribution in [0.1, 0.15) is 25.3 Å². The molecule has 0 aliphatic carbocycles. The Morgan fingerprint density at radius 1 is 1.15 bits per heavy atom. The highest BCUT2D eigenvalue weighted by Crippen LogP contribution is 2.25. The first-order chi connectivity index (χ1) is 16.2. The fraction of sp³-hybridized carbons (Fsp3) is 0.417. The standard InChI is InChI=1S/C24H30FN3O5S/c1-17(23(29)26-13-10-18-4-3-5-20(25)16-18)27-24(30)19-11-14-28(15-12-19)34(31,32)22-8-6-21(33-2)7-9-22/h3-9,16-17,19H,10-15H2,1-2H3,(H,26,29)(H,27,30). The summed E-state index contributed by atoms with van der Waals surface area (Å²) in [6.45, 7) is 2.37. The van der Waals surface area contributed by atoms with E-state index in [0.717, 1.165) is 5.56 Å². The monoisotopic (exact) mass is 491 g/mol. The number of halogens is 1. The lowest BCUT2D eigenvalue weighted by Crippen LogP contribution is -2.49. The van der Waals surface area contributed by atoms with Crippen molar-refractivity contribution < 1.29 is 27.1 Å². The minimum absolute atomic E-state index is 0.180. The minimum atomic E-state index is -3.65. The highest BCUT2D eigenvalue weighted by molar-refractivity contribution is 7.89. The third-order valence-corrected chi connectivity index (χ3v) is 7.79. The van der Waals surface area contributed by atoms with Gasteiger partial charge >= 0.3 is 0 Å². The fourth-order valence-electron chi connectivity index (χ4n) is 3.83. The SMILES string of the molecule is COc1ccc(S(=O)(=O)N2CCC(C(=O)NC(C)C(=O)NCCc3cccc(F)c3)CC2)cc1. The third kappa shape index (κ3) is 6.54. The zero-order valence-corrected chi connectivity index (χ0v) is 20.1. The highest BCUT2D eigenvalue weighted by atomic mass is 32.2. The molecule has 34 heavy (non-hydrogen) atoms. The Morgan fingerprint density at radius 2 is 1.82 bits per heavy atom. The second-order valence-corrected chi connectivity index (χ2v) is 10.2. The van der Waals surface area contributed by atoms with Gasteiger partial charge in [-0.15, -0.1) is 0 Å². The second-order valence-electron chi connectivity index (χ2n) is 8.26. The largest absolute Gasteiger partial charge is 0.497 e. The lowest BCUT2D eigenvalue weighted by molar-refractivity contribution is -0.131. The number of sulfonamides is 1. The molecule has 1 atom stereocenters. The van der Waals surface area contributed by atoms with E-state index in [1.165, 1.54) is 35.7 Å². The number of piperidine rings is 1. The van der Waals surface area contributed by atoms with Gasteiger partial charge < -0.3 is 15.4 Å². The van der Waals surface area contributed by atoms with Gasteiger partial charge in [0.15, 0.2) is 0 Å². The number of nitrogens with one attached hydrogen (secondary N) is 2. The van der Waals surface area contributed by atoms with E-state index in [2.05, 4.69) is 10.6 Å². The number of carbonyl (C=O) groups excluding carboxylic acids is 2. The van der Waals surface area contributed by atoms with E-state index in [-0.39, 0.29) is 41.5 Å². The van der Waals surface area contributed by atoms with E-state index < -0.39 is 16.1 Å². The zero-order valence-electron chi connectivity index (χ0n) is 19.3. The van der Waals surface area contributed by atoms with E-state index in [0.29, 0.717) is 31.6 Å². The first-order valence-electron chi connectivity index (χ1n) is 11.2. The summed E-state index contributed by atoms with van der Waals surface area (Å²) in [6, 6.07) is 11.6. The zero-order chi connectivity index (χ0) is 24.7. The molecule has 2 aromatic rings. The van der Waals surface area contributed by atoms with Crippen LogP contribution in [-0.4, -0.2) is 57.3 Å². The molecule has 0 radical (unpaired) electrons. The van der Waals surface area contributed by atoms with Gasteiger partial charge in [-0.05, 0) is 68.1 Å². The van der Waals surface area contributed by atoms with E-state index >= 15 is 0 Å². The first-order valence-corrected chi connectivity index (χ1v) is 12.6. The summed E-state index contributed by atoms with van der Waals surface area (Å²) in [5, 5.41) is 5.45. The average Bonchev–Trinajstić information content (AvgIpc) is 2.84. The number of carbonyl (C=O) groups is 2. The van der Waals surface area contributed by atoms with Gasteiger partial charge in [-0.1, -0.05) is 12.1 Å². The molecule has 1 aliphatic heterocycles. The summed E-state index contributed by atoms with van der Waals surface area (Å²) in [5.74, 6) is -0.725. The van der Waals surface area contributed by atoms with Crippen molar-refractivity contribution in [1.29, 1.82) is 0 Å². The van der Waals surface area contributed by atoms with Gasteiger partial charge in [-0.3, -0.25) is 9.59 Å². The Bertz CT molecular complexity index is 1100. The Hall–Kier alpha value is -2.98. The minimum Gasteiger partial charge on any atom is -0.497 e. The molecule has 0 spiro atoms. The van der Waals surface area contributed by atoms with Gasteiger partial charge in [-0.2, -0.15) is 4.31 Å². The van der Waals surface area contributed by atoms with Crippen molar-refractivity contribution in [2.45, 2.75) is 37.1 Å². The molecule has 1 saturated heterocycles. The predicted octanol–water partition coefficient (Wildman–Crippen LogP) is 2.10. The number of amides is 2. The van der Waals surface area contributed by atoms with Crippen LogP contribution in [0.25, 0.3) is 0 Å². The van der Waals surface area contributed by atoms with Crippen LogP contribution >= 0.6 is 0 Å². The molecule has 1 unspecified atom stereocenters. The summed E-state index contributed by atoms with van der Waals surface area (Å²) in [6.07, 6.45) is 1.22. The summed E-state index contributed by atoms with van der Waals surface area (Å²) < 4.78 is 45.4. The Kier molecular flexibility index (Phi) is 8.62. The Morgan fingerprint density at radius 3 is 2.44 bits per heavy atom. The maximum atomic E-state index is 13.2. The summed E-state index contributed by atoms with van der Waals surface area (Å²) in [5.41, 5.74) is 0.772. The molecule has 0 bridgehead atoms. The normalized spacial score (nSPS) is 16.0. The van der Waals surface area contributed by atoms with Crippen LogP contribution in [0, 0.1) is 11.7 Å². The molecule has 1 fully saturated rings. The van der Waals surface area contributed by atoms with Gasteiger partial charge in [-0.25, -0.2) is 12.8 Å². The summed E-state index contributed by atoms with van der Waals surface area (Å²) >= 11 is 0. The highest BCUT2D eigenvalue weighted by Gasteiger charge is 2.33. The van der Waals surface area contributed by atoms with E-state index in [1.54, 1.807) is 31.2 Å². The van der Waals surface area contributed by atoms with Crippen molar-refractivity contribution in [3.63, 3.8) is 0 Å². The van der Waals surface area contributed by atoms with Crippen LogP contribution < -0.4 is 15.4 Å². The molecular weight excluding hydrogens is 461 g/mol. The molecule has 3 rings (SSSR count). The van der Waals surface area contributed by atoms with Crippen LogP contribution in [0.4, 0.5) is 4.39 Å². The van der Waals surface area contributed by atoms with E-state index in [1.807, 2.05) is 0 Å². The van der Waals surface area contributed by atoms with Gasteiger partial charge in [0, 0.05) is 25.6 Å². The number of benzene rings is 2. The number of rotatable bonds is 9. The first kappa shape index (κ1) is 25.6. The number of nitrogens with zero attached hydrogens (tertiary/aromatic N) is 1. The quantitative estimate of drug-likeness (QED) is 0.559. The lowest BCUT2D eigenvalue weighted by Gasteiger charge is -2.31. The second kappa shape index (κ2) is 11.4. The molecule has 0 saturated carbocycles. The van der Waals surface area contributed by atoms with Crippen LogP contribution in [0.15, 0.2) is 53.4 Å². The molecule has 184 valence electrons. The van der Waals surface area contributed by atoms with Crippen LogP contribution in [0.3, 0.4) is 0 Å². The molecule has 10 heteroatoms. The Balaban J connectivity index is 1.44. The summed E-state index contributed by atoms with van der Waals surface area (Å²) in [4.78, 5) is 25.1. The molecule has 2 amide bonds. The van der Waals surface area contributed by atoms with E-state index in [4.69, 9.17) is 4.74 Å². The van der Waals surface area contributed by atoms with Crippen LogP contribution in [0.2, 0.25) is 0 Å². The smallest absolute Gasteiger partial charge is 0.243 e. The predicted molar refractivity (Wildman–Crippen MR) is 125 cm³/mol. The van der Waals surface area contributed by atoms with Gasteiger partial charge in [0.05, 0.1) is 12.0 Å². The maximum Gasteiger partial charge on any atom is 0.243 e. The van der Waals surface area contributed by atoms with Crippen molar-refractivity contribution in [3.05, 3.63) is 59.9 Å². The third-order valence-electron chi connectivity index (χ3n) is 5.88. The number of hydrogen-bond donors (Lipinski definition) is 2. The molecule has 1 heterocycles. The maximum absolute atomic E-state index is 13.2. The molecule has 0 aromatic heterocycles. The van der Waals surface area contributed by atoms with Gasteiger partial charge in [0.1, 0.15) is 17.6 Å². The van der Waals surface area contributed by atoms with Crippen LogP contribution in [-0.2, 0) is 26.0 Å². The van der Waals surface area contributed by atoms with Crippen molar-refractivity contribution in [2.75, 3.05) is 26.7 Å². The average molecular weight is 492 g/mol. The van der Waals surface area contributed by atoms with Crippen LogP contribution in [0.5, 0.6) is 5.75 Å². The lowest BCUT2D eigenvalue weighted by atomic mass is 9.97. The Labute approximate surface area is 199 Å². The van der Waals surface area contributed by atoms with Crippen molar-refractivity contribution in [2.24, 2.45) is 5.92 Å². The van der Waals surface area contributed by atoms with Gasteiger partial charge in [0.25, 0.3) is 0 Å². The number of methoxy groups -OCH3 is 1. The van der Waals surface area contributed by atoms with E-state index in [9.17, 15) is 22.4 Å². The van der Waals surface area contributed by atoms with Crippen molar-refractivity contribution in [1.82, 2.24) is 14.9 Å². The topological polar surface area (TPSA) is 105 Å².